The Labute approximate surface area is 85.1 Å². The monoisotopic (exact) mass is 201 g/mol. The lowest BCUT2D eigenvalue weighted by molar-refractivity contribution is 0.517. The number of rotatable bonds is 2. The van der Waals surface area contributed by atoms with Crippen molar-refractivity contribution in [2.24, 2.45) is 0 Å². The molecule has 0 aliphatic rings. The van der Waals surface area contributed by atoms with Crippen LogP contribution in [0.15, 0.2) is 56.3 Å². The standard InChI is InChI=1S/C11H7NO3/c1-3-9(13-5-1)8-7-15-11(12-8)10-4-2-6-14-10/h1-7H. The molecule has 74 valence electrons. The Balaban J connectivity index is 2.02. The number of hydrogen-bond donors (Lipinski definition) is 0. The molecule has 4 heteroatoms. The molecular formula is C11H7NO3. The Morgan fingerprint density at radius 3 is 2.27 bits per heavy atom. The summed E-state index contributed by atoms with van der Waals surface area (Å²) < 4.78 is 15.6. The topological polar surface area (TPSA) is 52.3 Å². The highest BCUT2D eigenvalue weighted by Gasteiger charge is 2.11. The Hall–Kier alpha value is -2.23. The van der Waals surface area contributed by atoms with Gasteiger partial charge in [-0.3, -0.25) is 0 Å². The number of oxazole rings is 1. The lowest BCUT2D eigenvalue weighted by Crippen LogP contribution is -1.74. The van der Waals surface area contributed by atoms with Crippen LogP contribution < -0.4 is 0 Å². The highest BCUT2D eigenvalue weighted by Crippen LogP contribution is 2.24. The van der Waals surface area contributed by atoms with Gasteiger partial charge in [0.2, 0.25) is 0 Å². The summed E-state index contributed by atoms with van der Waals surface area (Å²) in [6.45, 7) is 0. The summed E-state index contributed by atoms with van der Waals surface area (Å²) in [5, 5.41) is 0. The minimum absolute atomic E-state index is 0.450. The molecule has 0 bridgehead atoms. The van der Waals surface area contributed by atoms with Crippen molar-refractivity contribution in [2.45, 2.75) is 0 Å². The largest absolute Gasteiger partial charge is 0.463 e. The molecule has 3 heterocycles. The van der Waals surface area contributed by atoms with E-state index in [9.17, 15) is 0 Å². The fraction of sp³-hybridized carbons (Fsp3) is 0. The maximum Gasteiger partial charge on any atom is 0.263 e. The van der Waals surface area contributed by atoms with E-state index in [1.165, 1.54) is 6.26 Å². The van der Waals surface area contributed by atoms with Gasteiger partial charge in [0.05, 0.1) is 12.5 Å². The summed E-state index contributed by atoms with van der Waals surface area (Å²) in [6, 6.07) is 7.20. The maximum absolute atomic E-state index is 5.27. The minimum atomic E-state index is 0.450. The van der Waals surface area contributed by atoms with Crippen LogP contribution >= 0.6 is 0 Å². The number of aromatic nitrogens is 1. The molecule has 0 amide bonds. The molecule has 3 rings (SSSR count). The average molecular weight is 201 g/mol. The zero-order chi connectivity index (χ0) is 10.1. The zero-order valence-electron chi connectivity index (χ0n) is 7.71. The van der Waals surface area contributed by atoms with Gasteiger partial charge in [-0.1, -0.05) is 0 Å². The molecule has 0 radical (unpaired) electrons. The quantitative estimate of drug-likeness (QED) is 0.638. The van der Waals surface area contributed by atoms with Crippen LogP contribution in [0.4, 0.5) is 0 Å². The maximum atomic E-state index is 5.27. The minimum Gasteiger partial charge on any atom is -0.463 e. The van der Waals surface area contributed by atoms with Crippen molar-refractivity contribution in [1.82, 2.24) is 4.98 Å². The lowest BCUT2D eigenvalue weighted by Gasteiger charge is -1.85. The van der Waals surface area contributed by atoms with Gasteiger partial charge in [-0.25, -0.2) is 4.98 Å². The van der Waals surface area contributed by atoms with E-state index >= 15 is 0 Å². The third-order valence-corrected chi connectivity index (χ3v) is 2.01. The first-order valence-electron chi connectivity index (χ1n) is 4.47. The van der Waals surface area contributed by atoms with Crippen LogP contribution in [0, 0.1) is 0 Å². The second kappa shape index (κ2) is 3.16. The van der Waals surface area contributed by atoms with E-state index in [-0.39, 0.29) is 0 Å². The van der Waals surface area contributed by atoms with E-state index in [2.05, 4.69) is 4.98 Å². The molecule has 3 aromatic rings. The molecule has 0 saturated heterocycles. The van der Waals surface area contributed by atoms with Crippen LogP contribution in [0.2, 0.25) is 0 Å². The fourth-order valence-corrected chi connectivity index (χ4v) is 1.32. The van der Waals surface area contributed by atoms with Gasteiger partial charge >= 0.3 is 0 Å². The second-order valence-electron chi connectivity index (χ2n) is 2.99. The molecule has 15 heavy (non-hydrogen) atoms. The van der Waals surface area contributed by atoms with Crippen LogP contribution in [0.1, 0.15) is 0 Å². The third-order valence-electron chi connectivity index (χ3n) is 2.01. The molecule has 0 aromatic carbocycles. The first kappa shape index (κ1) is 8.11. The SMILES string of the molecule is c1coc(-c2coc(-c3ccco3)n2)c1. The van der Waals surface area contributed by atoms with Gasteiger partial charge in [0.15, 0.2) is 11.5 Å². The molecule has 0 aliphatic carbocycles. The van der Waals surface area contributed by atoms with Crippen molar-refractivity contribution in [3.63, 3.8) is 0 Å². The van der Waals surface area contributed by atoms with Crippen LogP contribution in [-0.4, -0.2) is 4.98 Å². The average Bonchev–Trinajstić information content (AvgIpc) is 3.02. The lowest BCUT2D eigenvalue weighted by atomic mass is 10.4. The molecule has 0 N–H and O–H groups in total. The summed E-state index contributed by atoms with van der Waals surface area (Å²) in [4.78, 5) is 4.24. The van der Waals surface area contributed by atoms with Crippen molar-refractivity contribution >= 4 is 0 Å². The fourth-order valence-electron chi connectivity index (χ4n) is 1.32. The van der Waals surface area contributed by atoms with E-state index in [0.29, 0.717) is 23.1 Å². The van der Waals surface area contributed by atoms with Crippen LogP contribution in [-0.2, 0) is 0 Å². The number of furan rings is 2. The third kappa shape index (κ3) is 1.36. The van der Waals surface area contributed by atoms with Gasteiger partial charge in [0, 0.05) is 0 Å². The summed E-state index contributed by atoms with van der Waals surface area (Å²) in [5.41, 5.74) is 0.659. The molecule has 4 nitrogen and oxygen atoms in total. The van der Waals surface area contributed by atoms with Gasteiger partial charge in [-0.2, -0.15) is 0 Å². The van der Waals surface area contributed by atoms with Crippen LogP contribution in [0.3, 0.4) is 0 Å². The summed E-state index contributed by atoms with van der Waals surface area (Å²) in [6.07, 6.45) is 4.71. The second-order valence-corrected chi connectivity index (χ2v) is 2.99. The highest BCUT2D eigenvalue weighted by molar-refractivity contribution is 5.55. The smallest absolute Gasteiger partial charge is 0.263 e. The molecule has 3 aromatic heterocycles. The summed E-state index contributed by atoms with van der Waals surface area (Å²) in [5.74, 6) is 1.73. The van der Waals surface area contributed by atoms with Crippen molar-refractivity contribution in [1.29, 1.82) is 0 Å². The Morgan fingerprint density at radius 2 is 1.60 bits per heavy atom. The first-order chi connectivity index (χ1) is 7.43. The van der Waals surface area contributed by atoms with Gasteiger partial charge < -0.3 is 13.3 Å². The molecule has 0 fully saturated rings. The van der Waals surface area contributed by atoms with E-state index in [0.717, 1.165) is 0 Å². The predicted octanol–water partition coefficient (Wildman–Crippen LogP) is 3.19. The predicted molar refractivity (Wildman–Crippen MR) is 51.9 cm³/mol. The number of hydrogen-bond acceptors (Lipinski definition) is 4. The van der Waals surface area contributed by atoms with Gasteiger partial charge in [0.25, 0.3) is 5.89 Å². The van der Waals surface area contributed by atoms with Gasteiger partial charge in [0.1, 0.15) is 12.0 Å². The molecule has 0 aliphatic heterocycles. The molecule has 0 saturated carbocycles. The van der Waals surface area contributed by atoms with Crippen molar-refractivity contribution in [3.8, 4) is 23.1 Å². The van der Waals surface area contributed by atoms with Crippen molar-refractivity contribution < 1.29 is 13.3 Å². The van der Waals surface area contributed by atoms with Gasteiger partial charge in [-0.05, 0) is 24.3 Å². The highest BCUT2D eigenvalue weighted by atomic mass is 16.4. The molecule has 0 spiro atoms. The first-order valence-corrected chi connectivity index (χ1v) is 4.47. The zero-order valence-corrected chi connectivity index (χ0v) is 7.71. The van der Waals surface area contributed by atoms with Crippen molar-refractivity contribution in [3.05, 3.63) is 43.1 Å². The van der Waals surface area contributed by atoms with Crippen molar-refractivity contribution in [2.75, 3.05) is 0 Å². The molecule has 0 unspecified atom stereocenters. The normalized spacial score (nSPS) is 10.7. The Morgan fingerprint density at radius 1 is 0.867 bits per heavy atom. The Kier molecular flexibility index (Phi) is 1.71. The molecular weight excluding hydrogens is 194 g/mol. The summed E-state index contributed by atoms with van der Waals surface area (Å²) >= 11 is 0. The Bertz CT molecular complexity index is 485. The number of nitrogens with zero attached hydrogens (tertiary/aromatic N) is 1. The summed E-state index contributed by atoms with van der Waals surface area (Å²) in [7, 11) is 0. The van der Waals surface area contributed by atoms with E-state index in [1.807, 2.05) is 6.07 Å². The van der Waals surface area contributed by atoms with E-state index in [1.54, 1.807) is 30.7 Å². The van der Waals surface area contributed by atoms with Crippen LogP contribution in [0.5, 0.6) is 0 Å². The van der Waals surface area contributed by atoms with Gasteiger partial charge in [-0.15, -0.1) is 0 Å². The molecule has 0 atom stereocenters. The van der Waals surface area contributed by atoms with E-state index in [4.69, 9.17) is 13.3 Å². The van der Waals surface area contributed by atoms with Crippen LogP contribution in [0.25, 0.3) is 23.1 Å². The van der Waals surface area contributed by atoms with E-state index < -0.39 is 0 Å².